The van der Waals surface area contributed by atoms with Crippen LogP contribution in [0.4, 0.5) is 0 Å². The maximum absolute atomic E-state index is 11.7. The molecule has 1 aliphatic heterocycles. The normalized spacial score (nSPS) is 15.5. The molecule has 0 atom stereocenters. The molecule has 0 aromatic heterocycles. The Morgan fingerprint density at radius 1 is 1.19 bits per heavy atom. The number of carbonyl (C=O) groups is 1. The van der Waals surface area contributed by atoms with E-state index >= 15 is 0 Å². The van der Waals surface area contributed by atoms with Crippen molar-refractivity contribution in [2.75, 3.05) is 45.9 Å². The molecule has 1 fully saturated rings. The summed E-state index contributed by atoms with van der Waals surface area (Å²) in [6, 6.07) is 9.70. The highest BCUT2D eigenvalue weighted by molar-refractivity contribution is 5.77. The lowest BCUT2D eigenvalue weighted by atomic mass is 10.2. The lowest BCUT2D eigenvalue weighted by molar-refractivity contribution is -0.145. The second kappa shape index (κ2) is 13.1. The SMILES string of the molecule is NC(=NCCCN1CCOCC1)NCCCCC(=O)OCc1ccccc1. The molecule has 1 heterocycles. The van der Waals surface area contributed by atoms with Crippen molar-refractivity contribution in [1.29, 1.82) is 0 Å². The first-order chi connectivity index (χ1) is 13.2. The Labute approximate surface area is 161 Å². The summed E-state index contributed by atoms with van der Waals surface area (Å²) in [5, 5.41) is 3.09. The van der Waals surface area contributed by atoms with Crippen LogP contribution in [0, 0.1) is 0 Å². The minimum absolute atomic E-state index is 0.163. The van der Waals surface area contributed by atoms with Crippen LogP contribution in [0.1, 0.15) is 31.2 Å². The van der Waals surface area contributed by atoms with E-state index in [-0.39, 0.29) is 5.97 Å². The molecular weight excluding hydrogens is 344 g/mol. The van der Waals surface area contributed by atoms with Gasteiger partial charge < -0.3 is 20.5 Å². The number of hydrogen-bond acceptors (Lipinski definition) is 5. The molecule has 1 aliphatic rings. The molecule has 0 spiro atoms. The first-order valence-corrected chi connectivity index (χ1v) is 9.77. The standard InChI is InChI=1S/C20H32N4O3/c21-20(23-11-6-12-24-13-15-26-16-14-24)22-10-5-4-9-19(25)27-17-18-7-2-1-3-8-18/h1-3,7-8H,4-6,9-17H2,(H3,21,22,23). The van der Waals surface area contributed by atoms with Crippen LogP contribution >= 0.6 is 0 Å². The highest BCUT2D eigenvalue weighted by Crippen LogP contribution is 2.03. The van der Waals surface area contributed by atoms with Crippen LogP contribution < -0.4 is 11.1 Å². The lowest BCUT2D eigenvalue weighted by Gasteiger charge is -2.26. The van der Waals surface area contributed by atoms with Crippen LogP contribution in [0.3, 0.4) is 0 Å². The van der Waals surface area contributed by atoms with Crippen LogP contribution in [0.2, 0.25) is 0 Å². The van der Waals surface area contributed by atoms with Crippen molar-refractivity contribution in [3.63, 3.8) is 0 Å². The first-order valence-electron chi connectivity index (χ1n) is 9.77. The second-order valence-electron chi connectivity index (χ2n) is 6.60. The number of nitrogens with zero attached hydrogens (tertiary/aromatic N) is 2. The van der Waals surface area contributed by atoms with E-state index in [1.807, 2.05) is 30.3 Å². The fourth-order valence-electron chi connectivity index (χ4n) is 2.80. The molecule has 150 valence electrons. The quantitative estimate of drug-likeness (QED) is 0.263. The first kappa shape index (κ1) is 21.2. The highest BCUT2D eigenvalue weighted by atomic mass is 16.5. The number of esters is 1. The van der Waals surface area contributed by atoms with E-state index in [4.69, 9.17) is 15.2 Å². The zero-order valence-electron chi connectivity index (χ0n) is 16.1. The number of aliphatic imine (C=N–C) groups is 1. The molecule has 27 heavy (non-hydrogen) atoms. The number of hydrogen-bond donors (Lipinski definition) is 2. The average molecular weight is 377 g/mol. The number of nitrogens with one attached hydrogen (secondary N) is 1. The van der Waals surface area contributed by atoms with Gasteiger partial charge in [0.25, 0.3) is 0 Å². The van der Waals surface area contributed by atoms with E-state index in [0.717, 1.165) is 64.2 Å². The number of unbranched alkanes of at least 4 members (excludes halogenated alkanes) is 1. The number of ether oxygens (including phenoxy) is 2. The fraction of sp³-hybridized carbons (Fsp3) is 0.600. The summed E-state index contributed by atoms with van der Waals surface area (Å²) in [4.78, 5) is 18.4. The Hall–Kier alpha value is -2.12. The van der Waals surface area contributed by atoms with Gasteiger partial charge in [-0.25, -0.2) is 0 Å². The molecule has 7 heteroatoms. The molecule has 0 aliphatic carbocycles. The fourth-order valence-corrected chi connectivity index (χ4v) is 2.80. The molecule has 7 nitrogen and oxygen atoms in total. The summed E-state index contributed by atoms with van der Waals surface area (Å²) in [5.74, 6) is 0.312. The second-order valence-corrected chi connectivity index (χ2v) is 6.60. The lowest BCUT2D eigenvalue weighted by Crippen LogP contribution is -2.37. The number of carbonyl (C=O) groups excluding carboxylic acids is 1. The minimum atomic E-state index is -0.163. The van der Waals surface area contributed by atoms with E-state index in [0.29, 0.717) is 25.5 Å². The van der Waals surface area contributed by atoms with Crippen molar-refractivity contribution in [1.82, 2.24) is 10.2 Å². The zero-order valence-corrected chi connectivity index (χ0v) is 16.1. The maximum Gasteiger partial charge on any atom is 0.306 e. The summed E-state index contributed by atoms with van der Waals surface area (Å²) in [5.41, 5.74) is 6.87. The van der Waals surface area contributed by atoms with Crippen LogP contribution in [-0.2, 0) is 20.9 Å². The number of morpholine rings is 1. The van der Waals surface area contributed by atoms with E-state index in [2.05, 4.69) is 15.2 Å². The Morgan fingerprint density at radius 2 is 1.96 bits per heavy atom. The third-order valence-corrected chi connectivity index (χ3v) is 4.37. The Kier molecular flexibility index (Phi) is 10.3. The largest absolute Gasteiger partial charge is 0.461 e. The van der Waals surface area contributed by atoms with Crippen LogP contribution in [0.5, 0.6) is 0 Å². The van der Waals surface area contributed by atoms with Gasteiger partial charge in [0.2, 0.25) is 0 Å². The molecule has 3 N–H and O–H groups in total. The van der Waals surface area contributed by atoms with Crippen LogP contribution in [0.15, 0.2) is 35.3 Å². The topological polar surface area (TPSA) is 89.2 Å². The maximum atomic E-state index is 11.7. The number of guanidine groups is 1. The number of nitrogens with two attached hydrogens (primary N) is 1. The zero-order chi connectivity index (χ0) is 19.2. The van der Waals surface area contributed by atoms with Gasteiger partial charge in [0, 0.05) is 39.1 Å². The van der Waals surface area contributed by atoms with Crippen molar-refractivity contribution in [3.05, 3.63) is 35.9 Å². The van der Waals surface area contributed by atoms with Crippen molar-refractivity contribution < 1.29 is 14.3 Å². The Morgan fingerprint density at radius 3 is 2.74 bits per heavy atom. The van der Waals surface area contributed by atoms with Gasteiger partial charge in [-0.2, -0.15) is 0 Å². The van der Waals surface area contributed by atoms with E-state index < -0.39 is 0 Å². The molecule has 0 radical (unpaired) electrons. The molecular formula is C20H32N4O3. The molecule has 2 rings (SSSR count). The van der Waals surface area contributed by atoms with E-state index in [1.54, 1.807) is 0 Å². The third kappa shape index (κ3) is 9.96. The highest BCUT2D eigenvalue weighted by Gasteiger charge is 2.08. The van der Waals surface area contributed by atoms with Crippen LogP contribution in [-0.4, -0.2) is 62.8 Å². The monoisotopic (exact) mass is 376 g/mol. The van der Waals surface area contributed by atoms with Gasteiger partial charge in [0.1, 0.15) is 6.61 Å². The van der Waals surface area contributed by atoms with Gasteiger partial charge in [0.15, 0.2) is 5.96 Å². The van der Waals surface area contributed by atoms with Crippen molar-refractivity contribution >= 4 is 11.9 Å². The van der Waals surface area contributed by atoms with Crippen LogP contribution in [0.25, 0.3) is 0 Å². The minimum Gasteiger partial charge on any atom is -0.461 e. The van der Waals surface area contributed by atoms with Crippen molar-refractivity contribution in [3.8, 4) is 0 Å². The molecule has 1 aromatic rings. The summed E-state index contributed by atoms with van der Waals surface area (Å²) >= 11 is 0. The summed E-state index contributed by atoms with van der Waals surface area (Å²) in [6.45, 7) is 6.47. The Balaban J connectivity index is 1.43. The number of benzene rings is 1. The third-order valence-electron chi connectivity index (χ3n) is 4.37. The number of rotatable bonds is 11. The molecule has 0 amide bonds. The molecule has 0 unspecified atom stereocenters. The van der Waals surface area contributed by atoms with Gasteiger partial charge in [-0.1, -0.05) is 30.3 Å². The molecule has 0 saturated carbocycles. The molecule has 1 saturated heterocycles. The van der Waals surface area contributed by atoms with E-state index in [9.17, 15) is 4.79 Å². The average Bonchev–Trinajstić information content (AvgIpc) is 2.71. The van der Waals surface area contributed by atoms with Gasteiger partial charge in [0.05, 0.1) is 13.2 Å². The van der Waals surface area contributed by atoms with Gasteiger partial charge >= 0.3 is 5.97 Å². The Bertz CT molecular complexity index is 560. The summed E-state index contributed by atoms with van der Waals surface area (Å²) < 4.78 is 10.6. The van der Waals surface area contributed by atoms with Crippen molar-refractivity contribution in [2.24, 2.45) is 10.7 Å². The van der Waals surface area contributed by atoms with Crippen molar-refractivity contribution in [2.45, 2.75) is 32.3 Å². The molecule has 0 bridgehead atoms. The smallest absolute Gasteiger partial charge is 0.306 e. The summed E-state index contributed by atoms with van der Waals surface area (Å²) in [7, 11) is 0. The van der Waals surface area contributed by atoms with E-state index in [1.165, 1.54) is 0 Å². The summed E-state index contributed by atoms with van der Waals surface area (Å²) in [6.07, 6.45) is 3.04. The predicted molar refractivity (Wildman–Crippen MR) is 106 cm³/mol. The van der Waals surface area contributed by atoms with Gasteiger partial charge in [-0.15, -0.1) is 0 Å². The molecule has 1 aromatic carbocycles. The van der Waals surface area contributed by atoms with Gasteiger partial charge in [-0.05, 0) is 24.8 Å². The predicted octanol–water partition coefficient (Wildman–Crippen LogP) is 1.53. The van der Waals surface area contributed by atoms with Gasteiger partial charge in [-0.3, -0.25) is 14.7 Å².